The Morgan fingerprint density at radius 2 is 2.23 bits per heavy atom. The van der Waals surface area contributed by atoms with E-state index in [1.165, 1.54) is 0 Å². The summed E-state index contributed by atoms with van der Waals surface area (Å²) in [5, 5.41) is 9.00. The molecule has 0 bridgehead atoms. The number of carbonyl (C=O) groups is 1. The van der Waals surface area contributed by atoms with Crippen LogP contribution in [0.2, 0.25) is 5.02 Å². The van der Waals surface area contributed by atoms with Crippen molar-refractivity contribution in [2.24, 2.45) is 0 Å². The van der Waals surface area contributed by atoms with Gasteiger partial charge in [-0.05, 0) is 24.1 Å². The molecule has 1 rings (SSSR count). The molecule has 0 saturated heterocycles. The summed E-state index contributed by atoms with van der Waals surface area (Å²) in [5.74, 6) is -0.848. The number of carboxylic acid groups (broad SMARTS) is 1. The number of aliphatic carboxylic acids is 1. The van der Waals surface area contributed by atoms with E-state index in [4.69, 9.17) is 22.4 Å². The van der Waals surface area contributed by atoms with E-state index in [1.54, 1.807) is 18.2 Å². The Labute approximate surface area is 81.1 Å². The van der Waals surface area contributed by atoms with Crippen LogP contribution < -0.4 is 5.73 Å². The van der Waals surface area contributed by atoms with Gasteiger partial charge in [0.1, 0.15) is 0 Å². The van der Waals surface area contributed by atoms with Crippen molar-refractivity contribution in [2.45, 2.75) is 12.8 Å². The molecule has 13 heavy (non-hydrogen) atoms. The van der Waals surface area contributed by atoms with Crippen molar-refractivity contribution in [1.29, 1.82) is 0 Å². The topological polar surface area (TPSA) is 63.3 Å². The fraction of sp³-hybridized carbons (Fsp3) is 0.222. The van der Waals surface area contributed by atoms with E-state index in [0.717, 1.165) is 0 Å². The van der Waals surface area contributed by atoms with E-state index in [1.807, 2.05) is 0 Å². The first kappa shape index (κ1) is 9.86. The summed E-state index contributed by atoms with van der Waals surface area (Å²) in [4.78, 5) is 10.3. The Hall–Kier alpha value is -1.22. The predicted octanol–water partition coefficient (Wildman–Crippen LogP) is 1.94. The molecular weight excluding hydrogens is 190 g/mol. The Kier molecular flexibility index (Phi) is 3.14. The number of hydrogen-bond acceptors (Lipinski definition) is 2. The normalized spacial score (nSPS) is 9.92. The molecule has 0 atom stereocenters. The van der Waals surface area contributed by atoms with Gasteiger partial charge in [-0.15, -0.1) is 0 Å². The minimum Gasteiger partial charge on any atom is -0.481 e. The van der Waals surface area contributed by atoms with Gasteiger partial charge in [-0.2, -0.15) is 0 Å². The Balaban J connectivity index is 2.81. The summed E-state index contributed by atoms with van der Waals surface area (Å²) < 4.78 is 0. The lowest BCUT2D eigenvalue weighted by Gasteiger charge is -2.05. The summed E-state index contributed by atoms with van der Waals surface area (Å²) >= 11 is 5.84. The van der Waals surface area contributed by atoms with Gasteiger partial charge >= 0.3 is 5.97 Å². The van der Waals surface area contributed by atoms with Crippen LogP contribution in [0.3, 0.4) is 0 Å². The Morgan fingerprint density at radius 1 is 1.54 bits per heavy atom. The molecule has 3 nitrogen and oxygen atoms in total. The van der Waals surface area contributed by atoms with Crippen molar-refractivity contribution in [2.75, 3.05) is 5.73 Å². The number of rotatable bonds is 3. The molecular formula is C9H10ClNO2. The maximum Gasteiger partial charge on any atom is 0.303 e. The third kappa shape index (κ3) is 2.63. The zero-order valence-electron chi connectivity index (χ0n) is 6.96. The number of halogens is 1. The third-order valence-electron chi connectivity index (χ3n) is 1.74. The molecule has 0 aliphatic carbocycles. The molecule has 3 N–H and O–H groups in total. The van der Waals surface area contributed by atoms with Crippen molar-refractivity contribution in [1.82, 2.24) is 0 Å². The molecule has 0 aliphatic rings. The smallest absolute Gasteiger partial charge is 0.303 e. The molecule has 70 valence electrons. The fourth-order valence-electron chi connectivity index (χ4n) is 1.07. The molecule has 0 aromatic heterocycles. The van der Waals surface area contributed by atoms with Gasteiger partial charge in [-0.25, -0.2) is 0 Å². The Morgan fingerprint density at radius 3 is 2.77 bits per heavy atom. The summed E-state index contributed by atoms with van der Waals surface area (Å²) in [6.45, 7) is 0. The zero-order valence-corrected chi connectivity index (χ0v) is 7.71. The number of hydrogen-bond donors (Lipinski definition) is 2. The van der Waals surface area contributed by atoms with E-state index < -0.39 is 5.97 Å². The zero-order chi connectivity index (χ0) is 9.84. The highest BCUT2D eigenvalue weighted by Gasteiger charge is 2.06. The van der Waals surface area contributed by atoms with Crippen LogP contribution in [0, 0.1) is 0 Å². The summed E-state index contributed by atoms with van der Waals surface area (Å²) in [7, 11) is 0. The largest absolute Gasteiger partial charge is 0.481 e. The average molecular weight is 200 g/mol. The second-order valence-electron chi connectivity index (χ2n) is 2.70. The van der Waals surface area contributed by atoms with Crippen molar-refractivity contribution < 1.29 is 9.90 Å². The molecule has 0 amide bonds. The van der Waals surface area contributed by atoms with Crippen LogP contribution in [0.1, 0.15) is 12.0 Å². The van der Waals surface area contributed by atoms with Gasteiger partial charge in [0.2, 0.25) is 0 Å². The van der Waals surface area contributed by atoms with Crippen LogP contribution in [0.15, 0.2) is 18.2 Å². The molecule has 0 heterocycles. The minimum atomic E-state index is -0.848. The molecule has 0 fully saturated rings. The minimum absolute atomic E-state index is 0.0495. The number of carboxylic acids is 1. The Bertz CT molecular complexity index is 305. The van der Waals surface area contributed by atoms with E-state index in [-0.39, 0.29) is 6.42 Å². The lowest BCUT2D eigenvalue weighted by atomic mass is 10.1. The first-order chi connectivity index (χ1) is 6.11. The van der Waals surface area contributed by atoms with E-state index in [2.05, 4.69) is 0 Å². The molecule has 0 spiro atoms. The average Bonchev–Trinajstić information content (AvgIpc) is 2.03. The van der Waals surface area contributed by atoms with Gasteiger partial charge in [-0.3, -0.25) is 4.79 Å². The van der Waals surface area contributed by atoms with Gasteiger partial charge in [0.15, 0.2) is 0 Å². The standard InChI is InChI=1S/C9H10ClNO2/c10-7-2-1-3-8(11)6(7)4-5-9(12)13/h1-3H,4-5,11H2,(H,12,13). The molecule has 4 heteroatoms. The van der Waals surface area contributed by atoms with E-state index in [9.17, 15) is 4.79 Å². The highest BCUT2D eigenvalue weighted by atomic mass is 35.5. The number of nitrogen functional groups attached to an aromatic ring is 1. The lowest BCUT2D eigenvalue weighted by Crippen LogP contribution is -2.01. The quantitative estimate of drug-likeness (QED) is 0.732. The van der Waals surface area contributed by atoms with E-state index in [0.29, 0.717) is 22.7 Å². The first-order valence-electron chi connectivity index (χ1n) is 3.86. The van der Waals surface area contributed by atoms with Crippen molar-refractivity contribution in [3.63, 3.8) is 0 Å². The maximum absolute atomic E-state index is 10.3. The van der Waals surface area contributed by atoms with Gasteiger partial charge in [0.05, 0.1) is 0 Å². The fourth-order valence-corrected chi connectivity index (χ4v) is 1.35. The first-order valence-corrected chi connectivity index (χ1v) is 4.23. The third-order valence-corrected chi connectivity index (χ3v) is 2.10. The van der Waals surface area contributed by atoms with Crippen LogP contribution in [-0.4, -0.2) is 11.1 Å². The number of benzene rings is 1. The molecule has 0 radical (unpaired) electrons. The number of anilines is 1. The van der Waals surface area contributed by atoms with Crippen LogP contribution in [0.5, 0.6) is 0 Å². The second kappa shape index (κ2) is 4.14. The summed E-state index contributed by atoms with van der Waals surface area (Å²) in [6.07, 6.45) is 0.425. The van der Waals surface area contributed by atoms with Crippen molar-refractivity contribution >= 4 is 23.3 Å². The van der Waals surface area contributed by atoms with Crippen LogP contribution in [0.4, 0.5) is 5.69 Å². The van der Waals surface area contributed by atoms with Crippen molar-refractivity contribution in [3.05, 3.63) is 28.8 Å². The van der Waals surface area contributed by atoms with Crippen molar-refractivity contribution in [3.8, 4) is 0 Å². The molecule has 1 aromatic carbocycles. The highest BCUT2D eigenvalue weighted by molar-refractivity contribution is 6.31. The summed E-state index contributed by atoms with van der Waals surface area (Å²) in [5.41, 5.74) is 6.89. The van der Waals surface area contributed by atoms with Gasteiger partial charge < -0.3 is 10.8 Å². The van der Waals surface area contributed by atoms with Gasteiger partial charge in [0.25, 0.3) is 0 Å². The molecule has 1 aromatic rings. The lowest BCUT2D eigenvalue weighted by molar-refractivity contribution is -0.136. The highest BCUT2D eigenvalue weighted by Crippen LogP contribution is 2.23. The molecule has 0 saturated carbocycles. The monoisotopic (exact) mass is 199 g/mol. The van der Waals surface area contributed by atoms with Crippen LogP contribution in [-0.2, 0) is 11.2 Å². The second-order valence-corrected chi connectivity index (χ2v) is 3.11. The number of nitrogens with two attached hydrogens (primary N) is 1. The van der Waals surface area contributed by atoms with E-state index >= 15 is 0 Å². The SMILES string of the molecule is Nc1cccc(Cl)c1CCC(=O)O. The molecule has 0 aliphatic heterocycles. The van der Waals surface area contributed by atoms with Crippen LogP contribution in [0.25, 0.3) is 0 Å². The van der Waals surface area contributed by atoms with Crippen LogP contribution >= 0.6 is 11.6 Å². The maximum atomic E-state index is 10.3. The van der Waals surface area contributed by atoms with Gasteiger partial charge in [0, 0.05) is 17.1 Å². The summed E-state index contributed by atoms with van der Waals surface area (Å²) in [6, 6.07) is 5.15. The molecule has 0 unspecified atom stereocenters. The van der Waals surface area contributed by atoms with Gasteiger partial charge in [-0.1, -0.05) is 17.7 Å². The predicted molar refractivity (Wildman–Crippen MR) is 51.8 cm³/mol.